The number of rotatable bonds is 5. The SMILES string of the molecule is CCCOCc1ncc(-c2ccc3ncc4cc3c2OCC(F)CNC(=O)[C@@H]2C[C@H](CC(C)N2C)N4)cn1. The van der Waals surface area contributed by atoms with E-state index in [1.807, 2.05) is 32.2 Å². The number of hydrogen-bond donors (Lipinski definition) is 2. The number of nitrogens with one attached hydrogen (secondary N) is 2. The van der Waals surface area contributed by atoms with Gasteiger partial charge in [-0.1, -0.05) is 6.92 Å². The zero-order valence-corrected chi connectivity index (χ0v) is 22.1. The second-order valence-electron chi connectivity index (χ2n) is 10.2. The van der Waals surface area contributed by atoms with Crippen molar-refractivity contribution in [3.05, 3.63) is 42.6 Å². The summed E-state index contributed by atoms with van der Waals surface area (Å²) in [6, 6.07) is 5.74. The monoisotopic (exact) mass is 522 g/mol. The fourth-order valence-corrected chi connectivity index (χ4v) is 5.14. The van der Waals surface area contributed by atoms with Crippen LogP contribution in [0.25, 0.3) is 22.0 Å². The Balaban J connectivity index is 1.51. The molecule has 4 bridgehead atoms. The van der Waals surface area contributed by atoms with E-state index in [-0.39, 0.29) is 37.2 Å². The largest absolute Gasteiger partial charge is 0.489 e. The Morgan fingerprint density at radius 3 is 2.79 bits per heavy atom. The number of alkyl halides is 1. The van der Waals surface area contributed by atoms with Gasteiger partial charge in [-0.15, -0.1) is 0 Å². The van der Waals surface area contributed by atoms with E-state index < -0.39 is 6.17 Å². The molecule has 10 heteroatoms. The van der Waals surface area contributed by atoms with Crippen molar-refractivity contribution in [2.45, 2.75) is 64.0 Å². The fourth-order valence-electron chi connectivity index (χ4n) is 5.14. The van der Waals surface area contributed by atoms with Crippen molar-refractivity contribution in [1.29, 1.82) is 0 Å². The summed E-state index contributed by atoms with van der Waals surface area (Å²) in [6.45, 7) is 4.82. The molecule has 202 valence electrons. The molecule has 1 aromatic carbocycles. The molecule has 0 spiro atoms. The van der Waals surface area contributed by atoms with Gasteiger partial charge in [0.05, 0.1) is 30.0 Å². The van der Waals surface area contributed by atoms with Gasteiger partial charge in [0.1, 0.15) is 19.0 Å². The van der Waals surface area contributed by atoms with Gasteiger partial charge in [0.15, 0.2) is 12.0 Å². The van der Waals surface area contributed by atoms with Crippen LogP contribution in [0.1, 0.15) is 38.9 Å². The highest BCUT2D eigenvalue weighted by Gasteiger charge is 2.35. The zero-order chi connectivity index (χ0) is 26.6. The number of carbonyl (C=O) groups excluding carboxylic acids is 1. The third-order valence-corrected chi connectivity index (χ3v) is 7.31. The van der Waals surface area contributed by atoms with E-state index in [1.165, 1.54) is 0 Å². The summed E-state index contributed by atoms with van der Waals surface area (Å²) in [7, 11) is 1.95. The molecule has 4 heterocycles. The quantitative estimate of drug-likeness (QED) is 0.489. The van der Waals surface area contributed by atoms with Gasteiger partial charge >= 0.3 is 0 Å². The van der Waals surface area contributed by atoms with Gasteiger partial charge in [-0.25, -0.2) is 14.4 Å². The lowest BCUT2D eigenvalue weighted by molar-refractivity contribution is -0.128. The van der Waals surface area contributed by atoms with Crippen LogP contribution in [-0.2, 0) is 16.1 Å². The highest BCUT2D eigenvalue weighted by atomic mass is 19.1. The summed E-state index contributed by atoms with van der Waals surface area (Å²) in [4.78, 5) is 28.6. The molecule has 38 heavy (non-hydrogen) atoms. The van der Waals surface area contributed by atoms with Gasteiger partial charge in [-0.2, -0.15) is 0 Å². The predicted octanol–water partition coefficient (Wildman–Crippen LogP) is 3.73. The first-order chi connectivity index (χ1) is 18.4. The lowest BCUT2D eigenvalue weighted by Gasteiger charge is -2.41. The molecule has 1 saturated heterocycles. The fraction of sp³-hybridized carbons (Fsp3) is 0.500. The van der Waals surface area contributed by atoms with Crippen molar-refractivity contribution >= 4 is 22.5 Å². The first-order valence-corrected chi connectivity index (χ1v) is 13.3. The first-order valence-electron chi connectivity index (χ1n) is 13.3. The van der Waals surface area contributed by atoms with Crippen LogP contribution in [-0.4, -0.2) is 76.9 Å². The van der Waals surface area contributed by atoms with Crippen LogP contribution in [0.2, 0.25) is 0 Å². The minimum atomic E-state index is -1.38. The molecule has 2 aliphatic rings. The van der Waals surface area contributed by atoms with Crippen LogP contribution < -0.4 is 15.4 Å². The van der Waals surface area contributed by atoms with Crippen LogP contribution in [0.5, 0.6) is 5.75 Å². The van der Waals surface area contributed by atoms with Gasteiger partial charge in [0.2, 0.25) is 5.91 Å². The highest BCUT2D eigenvalue weighted by molar-refractivity contribution is 5.94. The normalized spacial score (nSPS) is 24.4. The standard InChI is InChI=1S/C28H35FN6O3/c1-4-7-37-16-26-31-11-18(12-32-26)22-5-6-24-23-9-21(14-30-24)34-20-8-17(2)35(3)25(10-20)28(36)33-13-19(29)15-38-27(22)23/h5-6,9,11-12,14,17,19-20,25,34H,4,7-8,10,13,15-16H2,1-3H3,(H,33,36)/t17?,19?,20-,25-/m0/s1. The number of piperidine rings is 1. The van der Waals surface area contributed by atoms with Crippen molar-refractivity contribution < 1.29 is 18.7 Å². The third-order valence-electron chi connectivity index (χ3n) is 7.31. The van der Waals surface area contributed by atoms with Crippen LogP contribution in [0.15, 0.2) is 36.8 Å². The molecule has 2 unspecified atom stereocenters. The predicted molar refractivity (Wildman–Crippen MR) is 144 cm³/mol. The molecule has 2 aliphatic heterocycles. The number of amides is 1. The number of anilines is 1. The topological polar surface area (TPSA) is 102 Å². The number of likely N-dealkylation sites (N-methyl/N-ethyl adjacent to an activating group) is 1. The van der Waals surface area contributed by atoms with Gasteiger partial charge < -0.3 is 20.1 Å². The Morgan fingerprint density at radius 2 is 2.00 bits per heavy atom. The third kappa shape index (κ3) is 5.71. The Labute approximate surface area is 222 Å². The summed E-state index contributed by atoms with van der Waals surface area (Å²) in [6.07, 6.45) is 6.30. The van der Waals surface area contributed by atoms with E-state index in [9.17, 15) is 9.18 Å². The van der Waals surface area contributed by atoms with E-state index in [2.05, 4.69) is 37.4 Å². The second-order valence-corrected chi connectivity index (χ2v) is 10.2. The maximum absolute atomic E-state index is 15.0. The number of hydrogen-bond acceptors (Lipinski definition) is 8. The van der Waals surface area contributed by atoms with Gasteiger partial charge in [-0.05, 0) is 51.4 Å². The summed E-state index contributed by atoms with van der Waals surface area (Å²) < 4.78 is 26.6. The number of likely N-dealkylation sites (tertiary alicyclic amines) is 1. The molecule has 1 fully saturated rings. The van der Waals surface area contributed by atoms with E-state index >= 15 is 0 Å². The molecule has 0 aliphatic carbocycles. The molecule has 4 atom stereocenters. The minimum absolute atomic E-state index is 0.0729. The Hall–Kier alpha value is -3.37. The summed E-state index contributed by atoms with van der Waals surface area (Å²) >= 11 is 0. The van der Waals surface area contributed by atoms with E-state index in [1.54, 1.807) is 18.6 Å². The van der Waals surface area contributed by atoms with Crippen molar-refractivity contribution in [2.24, 2.45) is 0 Å². The maximum Gasteiger partial charge on any atom is 0.237 e. The molecule has 5 rings (SSSR count). The molecule has 3 aromatic rings. The lowest BCUT2D eigenvalue weighted by Crippen LogP contribution is -2.56. The molecule has 0 saturated carbocycles. The molecule has 1 amide bonds. The lowest BCUT2D eigenvalue weighted by atomic mass is 9.91. The van der Waals surface area contributed by atoms with Crippen molar-refractivity contribution in [2.75, 3.05) is 32.1 Å². The molecular formula is C28H35FN6O3. The maximum atomic E-state index is 15.0. The van der Waals surface area contributed by atoms with E-state index in [0.29, 0.717) is 31.2 Å². The van der Waals surface area contributed by atoms with Crippen molar-refractivity contribution in [3.63, 3.8) is 0 Å². The molecular weight excluding hydrogens is 487 g/mol. The Morgan fingerprint density at radius 1 is 1.18 bits per heavy atom. The van der Waals surface area contributed by atoms with Gasteiger partial charge in [-0.3, -0.25) is 14.7 Å². The van der Waals surface area contributed by atoms with Crippen LogP contribution >= 0.6 is 0 Å². The van der Waals surface area contributed by atoms with Crippen LogP contribution in [0.4, 0.5) is 10.1 Å². The average molecular weight is 523 g/mol. The molecule has 0 radical (unpaired) electrons. The van der Waals surface area contributed by atoms with Gasteiger partial charge in [0.25, 0.3) is 0 Å². The van der Waals surface area contributed by atoms with E-state index in [4.69, 9.17) is 9.47 Å². The Kier molecular flexibility index (Phi) is 7.99. The zero-order valence-electron chi connectivity index (χ0n) is 22.1. The minimum Gasteiger partial charge on any atom is -0.489 e. The number of fused-ring (bicyclic) bond motifs is 3. The molecule has 9 nitrogen and oxygen atoms in total. The number of pyridine rings is 1. The number of aromatic nitrogens is 3. The van der Waals surface area contributed by atoms with Crippen molar-refractivity contribution in [3.8, 4) is 16.9 Å². The number of benzene rings is 1. The van der Waals surface area contributed by atoms with Crippen LogP contribution in [0, 0.1) is 0 Å². The number of ether oxygens (including phenoxy) is 2. The van der Waals surface area contributed by atoms with Gasteiger partial charge in [0, 0.05) is 47.6 Å². The van der Waals surface area contributed by atoms with Crippen LogP contribution in [0.3, 0.4) is 0 Å². The number of halogens is 1. The molecule has 2 N–H and O–H groups in total. The number of nitrogens with zero attached hydrogens (tertiary/aromatic N) is 4. The average Bonchev–Trinajstić information content (AvgIpc) is 2.92. The first kappa shape index (κ1) is 26.2. The Bertz CT molecular complexity index is 1270. The van der Waals surface area contributed by atoms with E-state index in [0.717, 1.165) is 40.6 Å². The summed E-state index contributed by atoms with van der Waals surface area (Å²) in [5.41, 5.74) is 3.06. The van der Waals surface area contributed by atoms with Crippen molar-refractivity contribution in [1.82, 2.24) is 25.2 Å². The smallest absolute Gasteiger partial charge is 0.237 e. The second kappa shape index (κ2) is 11.6. The summed E-state index contributed by atoms with van der Waals surface area (Å²) in [5, 5.41) is 7.15. The summed E-state index contributed by atoms with van der Waals surface area (Å²) in [5.74, 6) is 0.941. The number of carbonyl (C=O) groups is 1. The highest BCUT2D eigenvalue weighted by Crippen LogP contribution is 2.38. The molecule has 2 aromatic heterocycles.